The summed E-state index contributed by atoms with van der Waals surface area (Å²) in [6.07, 6.45) is 0.383. The Kier molecular flexibility index (Phi) is 2.71. The van der Waals surface area contributed by atoms with Crippen molar-refractivity contribution in [2.75, 3.05) is 7.11 Å². The molecule has 0 bridgehead atoms. The number of hydrogen-bond acceptors (Lipinski definition) is 4. The summed E-state index contributed by atoms with van der Waals surface area (Å²) in [4.78, 5) is 30.0. The summed E-state index contributed by atoms with van der Waals surface area (Å²) < 4.78 is 5.07. The van der Waals surface area contributed by atoms with Gasteiger partial charge in [-0.3, -0.25) is 9.78 Å². The maximum atomic E-state index is 11.6. The van der Waals surface area contributed by atoms with Crippen molar-refractivity contribution < 1.29 is 4.74 Å². The van der Waals surface area contributed by atoms with E-state index in [-0.39, 0.29) is 12.8 Å². The van der Waals surface area contributed by atoms with E-state index in [4.69, 9.17) is 10.3 Å². The number of hydrogen-bond donors (Lipinski definition) is 2. The predicted octanol–water partition coefficient (Wildman–Crippen LogP) is 0.330. The summed E-state index contributed by atoms with van der Waals surface area (Å²) in [6, 6.07) is 0. The molecular formula is C9H9N5O3. The van der Waals surface area contributed by atoms with E-state index in [1.807, 2.05) is 0 Å². The lowest BCUT2D eigenvalue weighted by molar-refractivity contribution is 0.273. The van der Waals surface area contributed by atoms with Gasteiger partial charge in [0, 0.05) is 29.0 Å². The van der Waals surface area contributed by atoms with Crippen LogP contribution in [0.25, 0.3) is 10.4 Å². The minimum atomic E-state index is -0.574. The van der Waals surface area contributed by atoms with E-state index in [9.17, 15) is 9.59 Å². The standard InChI is InChI=1S/C9H9N5O3/c1-17-7-2-4-5(3-6(7)13-14-10)11-9(16)12-8(4)15/h2-3H2,1H3,(H2,11,12,15,16). The molecule has 0 amide bonds. The molecule has 8 nitrogen and oxygen atoms in total. The molecule has 1 aromatic heterocycles. The second-order valence-corrected chi connectivity index (χ2v) is 3.48. The molecule has 1 heterocycles. The summed E-state index contributed by atoms with van der Waals surface area (Å²) in [5, 5.41) is 3.49. The highest BCUT2D eigenvalue weighted by molar-refractivity contribution is 5.32. The van der Waals surface area contributed by atoms with Gasteiger partial charge in [0.2, 0.25) is 0 Å². The van der Waals surface area contributed by atoms with Crippen molar-refractivity contribution >= 4 is 0 Å². The van der Waals surface area contributed by atoms with Crippen LogP contribution in [0.3, 0.4) is 0 Å². The SMILES string of the molecule is COC1=C(N=[N+]=[N-])Cc2[nH]c(=O)[nH]c(=O)c2C1. The maximum absolute atomic E-state index is 11.6. The Labute approximate surface area is 94.6 Å². The Morgan fingerprint density at radius 2 is 2.12 bits per heavy atom. The third-order valence-electron chi connectivity index (χ3n) is 2.55. The van der Waals surface area contributed by atoms with Crippen molar-refractivity contribution in [3.63, 3.8) is 0 Å². The van der Waals surface area contributed by atoms with Gasteiger partial charge in [-0.05, 0) is 5.53 Å². The minimum Gasteiger partial charge on any atom is -0.501 e. The molecule has 1 aliphatic carbocycles. The molecule has 0 radical (unpaired) electrons. The van der Waals surface area contributed by atoms with Crippen LogP contribution >= 0.6 is 0 Å². The topological polar surface area (TPSA) is 124 Å². The predicted molar refractivity (Wildman–Crippen MR) is 58.3 cm³/mol. The molecule has 1 aliphatic rings. The fraction of sp³-hybridized carbons (Fsp3) is 0.333. The van der Waals surface area contributed by atoms with Gasteiger partial charge in [0.05, 0.1) is 12.8 Å². The van der Waals surface area contributed by atoms with Crippen molar-refractivity contribution in [3.8, 4) is 0 Å². The summed E-state index contributed by atoms with van der Waals surface area (Å²) in [5.74, 6) is 0.438. The number of nitrogens with zero attached hydrogens (tertiary/aromatic N) is 3. The Morgan fingerprint density at radius 3 is 2.76 bits per heavy atom. The molecule has 88 valence electrons. The maximum Gasteiger partial charge on any atom is 0.325 e. The highest BCUT2D eigenvalue weighted by Crippen LogP contribution is 2.23. The van der Waals surface area contributed by atoms with Crippen LogP contribution < -0.4 is 11.2 Å². The van der Waals surface area contributed by atoms with Gasteiger partial charge in [0.25, 0.3) is 5.56 Å². The third-order valence-corrected chi connectivity index (χ3v) is 2.55. The van der Waals surface area contributed by atoms with E-state index >= 15 is 0 Å². The summed E-state index contributed by atoms with van der Waals surface area (Å²) >= 11 is 0. The van der Waals surface area contributed by atoms with Crippen molar-refractivity contribution in [1.29, 1.82) is 0 Å². The first-order valence-corrected chi connectivity index (χ1v) is 4.81. The highest BCUT2D eigenvalue weighted by atomic mass is 16.5. The number of aromatic nitrogens is 2. The fourth-order valence-corrected chi connectivity index (χ4v) is 1.76. The van der Waals surface area contributed by atoms with Gasteiger partial charge in [-0.25, -0.2) is 4.79 Å². The van der Waals surface area contributed by atoms with Crippen LogP contribution in [0.4, 0.5) is 0 Å². The monoisotopic (exact) mass is 235 g/mol. The number of aromatic amines is 2. The van der Waals surface area contributed by atoms with Gasteiger partial charge in [-0.2, -0.15) is 0 Å². The van der Waals surface area contributed by atoms with Crippen molar-refractivity contribution in [1.82, 2.24) is 9.97 Å². The number of fused-ring (bicyclic) bond motifs is 1. The largest absolute Gasteiger partial charge is 0.501 e. The number of H-pyrrole nitrogens is 2. The van der Waals surface area contributed by atoms with Crippen LogP contribution in [-0.2, 0) is 17.6 Å². The Hall–Kier alpha value is -2.47. The molecule has 0 saturated heterocycles. The average Bonchev–Trinajstić information content (AvgIpc) is 2.28. The zero-order chi connectivity index (χ0) is 12.4. The smallest absolute Gasteiger partial charge is 0.325 e. The molecule has 0 atom stereocenters. The van der Waals surface area contributed by atoms with Crippen molar-refractivity contribution in [2.45, 2.75) is 12.8 Å². The molecule has 0 spiro atoms. The van der Waals surface area contributed by atoms with Crippen LogP contribution in [0, 0.1) is 0 Å². The zero-order valence-electron chi connectivity index (χ0n) is 8.98. The molecular weight excluding hydrogens is 226 g/mol. The van der Waals surface area contributed by atoms with Gasteiger partial charge in [0.1, 0.15) is 5.76 Å². The zero-order valence-corrected chi connectivity index (χ0v) is 8.98. The van der Waals surface area contributed by atoms with E-state index in [2.05, 4.69) is 20.0 Å². The van der Waals surface area contributed by atoms with E-state index in [0.717, 1.165) is 0 Å². The number of allylic oxidation sites excluding steroid dienone is 2. The Balaban J connectivity index is 2.58. The quantitative estimate of drug-likeness (QED) is 0.436. The van der Waals surface area contributed by atoms with Gasteiger partial charge in [-0.15, -0.1) is 0 Å². The number of methoxy groups -OCH3 is 1. The third kappa shape index (κ3) is 1.93. The van der Waals surface area contributed by atoms with Crippen molar-refractivity contribution in [3.05, 3.63) is 54.0 Å². The molecule has 2 rings (SSSR count). The molecule has 8 heteroatoms. The number of ether oxygens (including phenoxy) is 1. The van der Waals surface area contributed by atoms with E-state index in [1.54, 1.807) is 0 Å². The van der Waals surface area contributed by atoms with E-state index < -0.39 is 11.2 Å². The molecule has 2 N–H and O–H groups in total. The molecule has 17 heavy (non-hydrogen) atoms. The molecule has 0 saturated carbocycles. The van der Waals surface area contributed by atoms with Crippen LogP contribution in [-0.4, -0.2) is 17.1 Å². The molecule has 1 aromatic rings. The normalized spacial score (nSPS) is 13.9. The number of nitrogens with one attached hydrogen (secondary N) is 2. The summed E-state index contributed by atoms with van der Waals surface area (Å²) in [6.45, 7) is 0. The van der Waals surface area contributed by atoms with Gasteiger partial charge >= 0.3 is 5.69 Å². The fourth-order valence-electron chi connectivity index (χ4n) is 1.76. The lowest BCUT2D eigenvalue weighted by atomic mass is 9.99. The number of rotatable bonds is 2. The van der Waals surface area contributed by atoms with Crippen LogP contribution in [0.2, 0.25) is 0 Å². The highest BCUT2D eigenvalue weighted by Gasteiger charge is 2.21. The van der Waals surface area contributed by atoms with E-state index in [0.29, 0.717) is 22.7 Å². The first-order chi connectivity index (χ1) is 8.15. The second-order valence-electron chi connectivity index (χ2n) is 3.48. The van der Waals surface area contributed by atoms with E-state index in [1.165, 1.54) is 7.11 Å². The molecule has 0 aliphatic heterocycles. The van der Waals surface area contributed by atoms with Crippen LogP contribution in [0.15, 0.2) is 26.2 Å². The Morgan fingerprint density at radius 1 is 1.35 bits per heavy atom. The van der Waals surface area contributed by atoms with Gasteiger partial charge in [-0.1, -0.05) is 5.11 Å². The lowest BCUT2D eigenvalue weighted by Crippen LogP contribution is -2.30. The molecule has 0 unspecified atom stereocenters. The van der Waals surface area contributed by atoms with Gasteiger partial charge < -0.3 is 9.72 Å². The van der Waals surface area contributed by atoms with Crippen LogP contribution in [0.1, 0.15) is 11.3 Å². The Bertz CT molecular complexity index is 647. The molecule has 0 fully saturated rings. The summed E-state index contributed by atoms with van der Waals surface area (Å²) in [7, 11) is 1.44. The summed E-state index contributed by atoms with van der Waals surface area (Å²) in [5.41, 5.74) is 8.67. The van der Waals surface area contributed by atoms with Crippen LogP contribution in [0.5, 0.6) is 0 Å². The lowest BCUT2D eigenvalue weighted by Gasteiger charge is -2.18. The van der Waals surface area contributed by atoms with Crippen molar-refractivity contribution in [2.24, 2.45) is 5.11 Å². The second kappa shape index (κ2) is 4.18. The molecule has 0 aromatic carbocycles. The first-order valence-electron chi connectivity index (χ1n) is 4.81. The minimum absolute atomic E-state index is 0.182. The number of azide groups is 1. The average molecular weight is 235 g/mol. The van der Waals surface area contributed by atoms with Gasteiger partial charge in [0.15, 0.2) is 0 Å². The first kappa shape index (κ1) is 11.0.